The average Bonchev–Trinajstić information content (AvgIpc) is 2.01. The summed E-state index contributed by atoms with van der Waals surface area (Å²) in [6.07, 6.45) is 5.50. The van der Waals surface area contributed by atoms with E-state index < -0.39 is 5.97 Å². The SMILES string of the molecule is CCC(CC)[C@@H](C(=O)O)C1CCC1. The fourth-order valence-corrected chi connectivity index (χ4v) is 2.38. The van der Waals surface area contributed by atoms with E-state index in [1.54, 1.807) is 0 Å². The van der Waals surface area contributed by atoms with E-state index in [1.165, 1.54) is 6.42 Å². The van der Waals surface area contributed by atoms with Gasteiger partial charge in [0, 0.05) is 0 Å². The topological polar surface area (TPSA) is 37.3 Å². The molecule has 2 nitrogen and oxygen atoms in total. The molecule has 0 aromatic heterocycles. The van der Waals surface area contributed by atoms with Crippen LogP contribution in [0.2, 0.25) is 0 Å². The molecule has 0 heterocycles. The van der Waals surface area contributed by atoms with E-state index in [0.29, 0.717) is 11.8 Å². The molecule has 1 N–H and O–H groups in total. The Kier molecular flexibility index (Phi) is 3.76. The Bertz CT molecular complexity index is 169. The Morgan fingerprint density at radius 3 is 2.15 bits per heavy atom. The molecule has 1 saturated carbocycles. The van der Waals surface area contributed by atoms with Gasteiger partial charge in [0.25, 0.3) is 0 Å². The lowest BCUT2D eigenvalue weighted by molar-refractivity contribution is -0.147. The Labute approximate surface area is 80.3 Å². The number of rotatable bonds is 5. The Hall–Kier alpha value is -0.530. The lowest BCUT2D eigenvalue weighted by Gasteiger charge is -2.35. The summed E-state index contributed by atoms with van der Waals surface area (Å²) in [4.78, 5) is 11.1. The average molecular weight is 184 g/mol. The smallest absolute Gasteiger partial charge is 0.307 e. The van der Waals surface area contributed by atoms with Crippen LogP contribution in [0.25, 0.3) is 0 Å². The van der Waals surface area contributed by atoms with E-state index >= 15 is 0 Å². The lowest BCUT2D eigenvalue weighted by Crippen LogP contribution is -2.34. The summed E-state index contributed by atoms with van der Waals surface area (Å²) in [5.74, 6) is 0.229. The van der Waals surface area contributed by atoms with Gasteiger partial charge in [0.05, 0.1) is 5.92 Å². The van der Waals surface area contributed by atoms with Gasteiger partial charge >= 0.3 is 5.97 Å². The summed E-state index contributed by atoms with van der Waals surface area (Å²) < 4.78 is 0. The molecule has 1 aliphatic rings. The minimum atomic E-state index is -0.571. The summed E-state index contributed by atoms with van der Waals surface area (Å²) in [6, 6.07) is 0. The molecule has 1 atom stereocenters. The Morgan fingerprint density at radius 2 is 1.92 bits per heavy atom. The van der Waals surface area contributed by atoms with Gasteiger partial charge in [-0.1, -0.05) is 33.1 Å². The van der Waals surface area contributed by atoms with Crippen molar-refractivity contribution in [2.75, 3.05) is 0 Å². The maximum atomic E-state index is 11.1. The summed E-state index contributed by atoms with van der Waals surface area (Å²) in [5, 5.41) is 9.14. The zero-order valence-corrected chi connectivity index (χ0v) is 8.62. The molecule has 0 spiro atoms. The quantitative estimate of drug-likeness (QED) is 0.713. The summed E-state index contributed by atoms with van der Waals surface area (Å²) in [6.45, 7) is 4.20. The first-order chi connectivity index (χ1) is 6.20. The Balaban J connectivity index is 2.59. The second kappa shape index (κ2) is 4.64. The number of hydrogen-bond acceptors (Lipinski definition) is 1. The largest absolute Gasteiger partial charge is 0.481 e. The molecule has 0 amide bonds. The second-order valence-corrected chi connectivity index (χ2v) is 4.13. The molecule has 2 heteroatoms. The normalized spacial score (nSPS) is 19.9. The van der Waals surface area contributed by atoms with E-state index in [-0.39, 0.29) is 5.92 Å². The third-order valence-corrected chi connectivity index (χ3v) is 3.50. The Morgan fingerprint density at radius 1 is 1.38 bits per heavy atom. The van der Waals surface area contributed by atoms with Crippen LogP contribution in [-0.4, -0.2) is 11.1 Å². The van der Waals surface area contributed by atoms with E-state index in [2.05, 4.69) is 13.8 Å². The standard InChI is InChI=1S/C11H20O2/c1-3-8(4-2)10(11(12)13)9-6-5-7-9/h8-10H,3-7H2,1-2H3,(H,12,13)/t10-/m1/s1. The molecular formula is C11H20O2. The highest BCUT2D eigenvalue weighted by Gasteiger charge is 2.36. The van der Waals surface area contributed by atoms with Gasteiger partial charge in [0.1, 0.15) is 0 Å². The monoisotopic (exact) mass is 184 g/mol. The predicted molar refractivity (Wildman–Crippen MR) is 52.5 cm³/mol. The molecule has 0 aromatic rings. The van der Waals surface area contributed by atoms with Crippen LogP contribution in [0, 0.1) is 17.8 Å². The first kappa shape index (κ1) is 10.6. The number of carbonyl (C=O) groups is 1. The van der Waals surface area contributed by atoms with Gasteiger partial charge in [-0.3, -0.25) is 4.79 Å². The summed E-state index contributed by atoms with van der Waals surface area (Å²) >= 11 is 0. The molecule has 1 rings (SSSR count). The van der Waals surface area contributed by atoms with E-state index in [0.717, 1.165) is 25.7 Å². The van der Waals surface area contributed by atoms with Crippen molar-refractivity contribution < 1.29 is 9.90 Å². The molecule has 0 aliphatic heterocycles. The van der Waals surface area contributed by atoms with Crippen molar-refractivity contribution in [3.63, 3.8) is 0 Å². The fraction of sp³-hybridized carbons (Fsp3) is 0.909. The van der Waals surface area contributed by atoms with Gasteiger partial charge in [-0.15, -0.1) is 0 Å². The highest BCUT2D eigenvalue weighted by Crippen LogP contribution is 2.39. The van der Waals surface area contributed by atoms with E-state index in [1.807, 2.05) is 0 Å². The van der Waals surface area contributed by atoms with Crippen LogP contribution in [0.3, 0.4) is 0 Å². The highest BCUT2D eigenvalue weighted by atomic mass is 16.4. The van der Waals surface area contributed by atoms with Crippen LogP contribution in [0.15, 0.2) is 0 Å². The van der Waals surface area contributed by atoms with Gasteiger partial charge in [-0.2, -0.15) is 0 Å². The molecule has 76 valence electrons. The zero-order valence-electron chi connectivity index (χ0n) is 8.62. The third-order valence-electron chi connectivity index (χ3n) is 3.50. The van der Waals surface area contributed by atoms with Crippen molar-refractivity contribution in [2.24, 2.45) is 17.8 Å². The summed E-state index contributed by atoms with van der Waals surface area (Å²) in [5.41, 5.74) is 0. The molecule has 0 saturated heterocycles. The van der Waals surface area contributed by atoms with Crippen molar-refractivity contribution >= 4 is 5.97 Å². The van der Waals surface area contributed by atoms with Crippen LogP contribution in [0.5, 0.6) is 0 Å². The minimum absolute atomic E-state index is 0.0660. The fourth-order valence-electron chi connectivity index (χ4n) is 2.38. The third kappa shape index (κ3) is 2.23. The van der Waals surface area contributed by atoms with Crippen molar-refractivity contribution in [3.8, 4) is 0 Å². The van der Waals surface area contributed by atoms with Gasteiger partial charge in [-0.25, -0.2) is 0 Å². The molecule has 1 aliphatic carbocycles. The van der Waals surface area contributed by atoms with Crippen LogP contribution in [0.4, 0.5) is 0 Å². The first-order valence-electron chi connectivity index (χ1n) is 5.43. The highest BCUT2D eigenvalue weighted by molar-refractivity contribution is 5.70. The molecule has 0 bridgehead atoms. The molecule has 1 fully saturated rings. The zero-order chi connectivity index (χ0) is 9.84. The molecular weight excluding hydrogens is 164 g/mol. The van der Waals surface area contributed by atoms with Crippen molar-refractivity contribution in [1.82, 2.24) is 0 Å². The number of carboxylic acid groups (broad SMARTS) is 1. The van der Waals surface area contributed by atoms with Crippen molar-refractivity contribution in [3.05, 3.63) is 0 Å². The van der Waals surface area contributed by atoms with E-state index in [4.69, 9.17) is 5.11 Å². The number of hydrogen-bond donors (Lipinski definition) is 1. The van der Waals surface area contributed by atoms with Crippen LogP contribution in [0.1, 0.15) is 46.0 Å². The van der Waals surface area contributed by atoms with Gasteiger partial charge < -0.3 is 5.11 Å². The van der Waals surface area contributed by atoms with Gasteiger partial charge in [-0.05, 0) is 24.7 Å². The molecule has 0 aromatic carbocycles. The lowest BCUT2D eigenvalue weighted by atomic mass is 9.69. The summed E-state index contributed by atoms with van der Waals surface area (Å²) in [7, 11) is 0. The van der Waals surface area contributed by atoms with Crippen LogP contribution < -0.4 is 0 Å². The second-order valence-electron chi connectivity index (χ2n) is 4.13. The number of carboxylic acids is 1. The van der Waals surface area contributed by atoms with Gasteiger partial charge in [0.15, 0.2) is 0 Å². The molecule has 0 radical (unpaired) electrons. The maximum Gasteiger partial charge on any atom is 0.307 e. The maximum absolute atomic E-state index is 11.1. The predicted octanol–water partition coefficient (Wildman–Crippen LogP) is 2.92. The molecule has 13 heavy (non-hydrogen) atoms. The van der Waals surface area contributed by atoms with Crippen LogP contribution in [-0.2, 0) is 4.79 Å². The first-order valence-corrected chi connectivity index (χ1v) is 5.43. The minimum Gasteiger partial charge on any atom is -0.481 e. The van der Waals surface area contributed by atoms with Crippen LogP contribution >= 0.6 is 0 Å². The van der Waals surface area contributed by atoms with E-state index in [9.17, 15) is 4.79 Å². The molecule has 0 unspecified atom stereocenters. The van der Waals surface area contributed by atoms with Crippen molar-refractivity contribution in [1.29, 1.82) is 0 Å². The number of aliphatic carboxylic acids is 1. The van der Waals surface area contributed by atoms with Crippen molar-refractivity contribution in [2.45, 2.75) is 46.0 Å². The van der Waals surface area contributed by atoms with Gasteiger partial charge in [0.2, 0.25) is 0 Å².